The Hall–Kier alpha value is -4.01. The van der Waals surface area contributed by atoms with Gasteiger partial charge in [-0.15, -0.1) is 0 Å². The summed E-state index contributed by atoms with van der Waals surface area (Å²) in [5.41, 5.74) is 1.22. The maximum Gasteiger partial charge on any atom is 0.355 e. The van der Waals surface area contributed by atoms with Crippen LogP contribution in [0.1, 0.15) is 37.0 Å². The van der Waals surface area contributed by atoms with Crippen molar-refractivity contribution in [2.45, 2.75) is 26.7 Å². The predicted molar refractivity (Wildman–Crippen MR) is 124 cm³/mol. The Kier molecular flexibility index (Phi) is 7.91. The first-order valence-electron chi connectivity index (χ1n) is 10.6. The van der Waals surface area contributed by atoms with Crippen molar-refractivity contribution in [1.82, 2.24) is 5.32 Å². The third-order valence-electron chi connectivity index (χ3n) is 4.72. The van der Waals surface area contributed by atoms with Crippen LogP contribution in [0.15, 0.2) is 59.7 Å². The van der Waals surface area contributed by atoms with Gasteiger partial charge in [0.15, 0.2) is 6.61 Å². The topological polar surface area (TPSA) is 117 Å². The molecule has 0 bridgehead atoms. The summed E-state index contributed by atoms with van der Waals surface area (Å²) < 4.78 is 5.09. The highest BCUT2D eigenvalue weighted by Crippen LogP contribution is 2.20. The molecule has 0 saturated heterocycles. The summed E-state index contributed by atoms with van der Waals surface area (Å²) in [7, 11) is 0. The minimum atomic E-state index is -0.776. The summed E-state index contributed by atoms with van der Waals surface area (Å²) in [6.07, 6.45) is 0.232. The number of benzene rings is 2. The largest absolute Gasteiger partial charge is 0.451 e. The summed E-state index contributed by atoms with van der Waals surface area (Å²) in [4.78, 5) is 49.4. The third-order valence-corrected chi connectivity index (χ3v) is 4.72. The maximum atomic E-state index is 12.4. The molecule has 33 heavy (non-hydrogen) atoms. The Morgan fingerprint density at radius 1 is 1.03 bits per heavy atom. The zero-order valence-corrected chi connectivity index (χ0v) is 18.5. The minimum absolute atomic E-state index is 0.0553. The second-order valence-electron chi connectivity index (χ2n) is 7.86. The van der Waals surface area contributed by atoms with E-state index in [1.54, 1.807) is 48.5 Å². The lowest BCUT2D eigenvalue weighted by Gasteiger charge is -2.22. The van der Waals surface area contributed by atoms with E-state index in [-0.39, 0.29) is 36.3 Å². The van der Waals surface area contributed by atoms with Crippen LogP contribution in [0.4, 0.5) is 11.4 Å². The first-order chi connectivity index (χ1) is 15.8. The van der Waals surface area contributed by atoms with Crippen molar-refractivity contribution in [2.24, 2.45) is 11.0 Å². The molecular formula is C24H26N4O5. The van der Waals surface area contributed by atoms with Crippen molar-refractivity contribution in [3.05, 3.63) is 60.2 Å². The fraction of sp³-hybridized carbons (Fsp3) is 0.292. The van der Waals surface area contributed by atoms with Crippen LogP contribution in [-0.2, 0) is 19.1 Å². The van der Waals surface area contributed by atoms with Crippen LogP contribution in [0.2, 0.25) is 0 Å². The van der Waals surface area contributed by atoms with Gasteiger partial charge in [-0.1, -0.05) is 44.2 Å². The number of hydrogen-bond acceptors (Lipinski definition) is 6. The molecule has 1 aliphatic rings. The number of rotatable bonds is 8. The lowest BCUT2D eigenvalue weighted by molar-refractivity contribution is -0.140. The number of nitrogens with one attached hydrogen (secondary N) is 2. The van der Waals surface area contributed by atoms with Gasteiger partial charge in [0.1, 0.15) is 5.71 Å². The molecule has 2 N–H and O–H groups in total. The molecule has 9 heteroatoms. The Morgan fingerprint density at radius 2 is 1.73 bits per heavy atom. The Bertz CT molecular complexity index is 1070. The van der Waals surface area contributed by atoms with E-state index in [1.807, 2.05) is 19.9 Å². The van der Waals surface area contributed by atoms with E-state index in [4.69, 9.17) is 4.74 Å². The number of amides is 3. The first kappa shape index (κ1) is 23.6. The number of anilines is 2. The van der Waals surface area contributed by atoms with Crippen molar-refractivity contribution >= 4 is 40.8 Å². The van der Waals surface area contributed by atoms with E-state index in [0.29, 0.717) is 23.5 Å². The van der Waals surface area contributed by atoms with Crippen molar-refractivity contribution in [3.63, 3.8) is 0 Å². The number of ether oxygens (including phenoxy) is 1. The summed E-state index contributed by atoms with van der Waals surface area (Å²) >= 11 is 0. The molecule has 172 valence electrons. The van der Waals surface area contributed by atoms with Gasteiger partial charge in [-0.3, -0.25) is 14.4 Å². The molecule has 9 nitrogen and oxygen atoms in total. The smallest absolute Gasteiger partial charge is 0.355 e. The number of esters is 1. The van der Waals surface area contributed by atoms with Gasteiger partial charge in [-0.05, 0) is 30.2 Å². The first-order valence-corrected chi connectivity index (χ1v) is 10.6. The summed E-state index contributed by atoms with van der Waals surface area (Å²) in [5.74, 6) is -1.63. The molecule has 0 saturated carbocycles. The molecule has 0 atom stereocenters. The lowest BCUT2D eigenvalue weighted by atomic mass is 10.1. The fourth-order valence-corrected chi connectivity index (χ4v) is 3.05. The van der Waals surface area contributed by atoms with Gasteiger partial charge in [0.05, 0.1) is 16.9 Å². The lowest BCUT2D eigenvalue weighted by Crippen LogP contribution is -2.35. The van der Waals surface area contributed by atoms with Crippen LogP contribution in [0, 0.1) is 5.92 Å². The molecule has 0 unspecified atom stereocenters. The van der Waals surface area contributed by atoms with Gasteiger partial charge < -0.3 is 15.4 Å². The highest BCUT2D eigenvalue weighted by atomic mass is 16.5. The standard InChI is InChI=1S/C24H26N4O5/c1-16(2)14-25-23(31)18-10-6-7-11-19(18)26-21(29)15-33-24(32)20-12-13-22(30)28(27-20)17-8-4-3-5-9-17/h3-11,16H,12-15H2,1-2H3,(H,25,31)(H,26,29). The molecule has 3 amide bonds. The highest BCUT2D eigenvalue weighted by Gasteiger charge is 2.27. The summed E-state index contributed by atoms with van der Waals surface area (Å²) in [6.45, 7) is 3.91. The molecule has 1 heterocycles. The normalized spacial score (nSPS) is 13.4. The number of hydrogen-bond donors (Lipinski definition) is 2. The summed E-state index contributed by atoms with van der Waals surface area (Å²) in [5, 5.41) is 10.7. The average Bonchev–Trinajstić information content (AvgIpc) is 2.82. The van der Waals surface area contributed by atoms with Gasteiger partial charge in [0.25, 0.3) is 11.8 Å². The second kappa shape index (κ2) is 11.0. The monoisotopic (exact) mass is 450 g/mol. The second-order valence-corrected chi connectivity index (χ2v) is 7.86. The summed E-state index contributed by atoms with van der Waals surface area (Å²) in [6, 6.07) is 15.3. The highest BCUT2D eigenvalue weighted by molar-refractivity contribution is 6.38. The molecule has 0 aromatic heterocycles. The Morgan fingerprint density at radius 3 is 2.45 bits per heavy atom. The van der Waals surface area contributed by atoms with E-state index in [1.165, 1.54) is 0 Å². The molecule has 0 spiro atoms. The Labute approximate surface area is 191 Å². The molecule has 2 aromatic carbocycles. The molecule has 0 aliphatic carbocycles. The van der Waals surface area contributed by atoms with Crippen molar-refractivity contribution in [3.8, 4) is 0 Å². The number of hydrazone groups is 1. The number of carbonyl (C=O) groups excluding carboxylic acids is 4. The number of carbonyl (C=O) groups is 4. The zero-order chi connectivity index (χ0) is 23.8. The van der Waals surface area contributed by atoms with Crippen LogP contribution in [0.3, 0.4) is 0 Å². The van der Waals surface area contributed by atoms with Gasteiger partial charge in [0, 0.05) is 19.4 Å². The van der Waals surface area contributed by atoms with Gasteiger partial charge in [-0.25, -0.2) is 9.80 Å². The molecule has 0 radical (unpaired) electrons. The quantitative estimate of drug-likeness (QED) is 0.600. The van der Waals surface area contributed by atoms with E-state index in [9.17, 15) is 19.2 Å². The molecule has 2 aromatic rings. The maximum absolute atomic E-state index is 12.4. The molecule has 0 fully saturated rings. The van der Waals surface area contributed by atoms with Crippen LogP contribution in [-0.4, -0.2) is 42.6 Å². The third kappa shape index (κ3) is 6.49. The minimum Gasteiger partial charge on any atom is -0.451 e. The van der Waals surface area contributed by atoms with E-state index in [2.05, 4.69) is 15.7 Å². The fourth-order valence-electron chi connectivity index (χ4n) is 3.05. The van der Waals surface area contributed by atoms with E-state index in [0.717, 1.165) is 5.01 Å². The predicted octanol–water partition coefficient (Wildman–Crippen LogP) is 2.74. The van der Waals surface area contributed by atoms with Crippen molar-refractivity contribution in [1.29, 1.82) is 0 Å². The molecular weight excluding hydrogens is 424 g/mol. The van der Waals surface area contributed by atoms with Crippen molar-refractivity contribution < 1.29 is 23.9 Å². The van der Waals surface area contributed by atoms with Crippen LogP contribution in [0.5, 0.6) is 0 Å². The SMILES string of the molecule is CC(C)CNC(=O)c1ccccc1NC(=O)COC(=O)C1=NN(c2ccccc2)C(=O)CC1. The van der Waals surface area contributed by atoms with Crippen molar-refractivity contribution in [2.75, 3.05) is 23.5 Å². The van der Waals surface area contributed by atoms with Gasteiger partial charge in [0.2, 0.25) is 5.91 Å². The van der Waals surface area contributed by atoms with Crippen LogP contribution < -0.4 is 15.6 Å². The number of para-hydroxylation sites is 2. The average molecular weight is 450 g/mol. The van der Waals surface area contributed by atoms with E-state index >= 15 is 0 Å². The van der Waals surface area contributed by atoms with Gasteiger partial charge >= 0.3 is 5.97 Å². The van der Waals surface area contributed by atoms with Crippen LogP contribution in [0.25, 0.3) is 0 Å². The molecule has 1 aliphatic heterocycles. The zero-order valence-electron chi connectivity index (χ0n) is 18.5. The van der Waals surface area contributed by atoms with Gasteiger partial charge in [-0.2, -0.15) is 5.10 Å². The number of nitrogens with zero attached hydrogens (tertiary/aromatic N) is 2. The Balaban J connectivity index is 1.60. The molecule has 3 rings (SSSR count). The van der Waals surface area contributed by atoms with E-state index < -0.39 is 18.5 Å². The van der Waals surface area contributed by atoms with Crippen LogP contribution >= 0.6 is 0 Å².